The number of hydrogen-bond acceptors (Lipinski definition) is 4. The van der Waals surface area contributed by atoms with E-state index in [1.165, 1.54) is 0 Å². The van der Waals surface area contributed by atoms with Gasteiger partial charge in [-0.3, -0.25) is 4.79 Å². The predicted molar refractivity (Wildman–Crippen MR) is 81.9 cm³/mol. The van der Waals surface area contributed by atoms with E-state index in [2.05, 4.69) is 24.5 Å². The summed E-state index contributed by atoms with van der Waals surface area (Å²) in [5, 5.41) is 14.5. The van der Waals surface area contributed by atoms with Gasteiger partial charge in [0.05, 0.1) is 12.5 Å². The summed E-state index contributed by atoms with van der Waals surface area (Å²) in [4.78, 5) is 11.6. The molecule has 0 aliphatic heterocycles. The molecule has 0 fully saturated rings. The van der Waals surface area contributed by atoms with Crippen LogP contribution in [-0.2, 0) is 4.79 Å². The molecular weight excluding hydrogens is 266 g/mol. The first-order valence-corrected chi connectivity index (χ1v) is 7.27. The highest BCUT2D eigenvalue weighted by Crippen LogP contribution is 2.24. The third-order valence-corrected chi connectivity index (χ3v) is 3.00. The number of carbonyl (C=O) groups is 1. The third kappa shape index (κ3) is 6.28. The molecule has 0 bridgehead atoms. The van der Waals surface area contributed by atoms with Crippen LogP contribution in [0.1, 0.15) is 38.3 Å². The number of rotatable bonds is 9. The summed E-state index contributed by atoms with van der Waals surface area (Å²) in [7, 11) is 0. The Labute approximate surface area is 126 Å². The van der Waals surface area contributed by atoms with Crippen molar-refractivity contribution < 1.29 is 9.53 Å². The molecule has 0 heterocycles. The van der Waals surface area contributed by atoms with E-state index in [1.54, 1.807) is 0 Å². The average molecular weight is 289 g/mol. The van der Waals surface area contributed by atoms with E-state index in [0.29, 0.717) is 18.7 Å². The fraction of sp³-hybridized carbons (Fsp3) is 0.500. The second-order valence-corrected chi connectivity index (χ2v) is 4.76. The summed E-state index contributed by atoms with van der Waals surface area (Å²) < 4.78 is 5.60. The van der Waals surface area contributed by atoms with E-state index in [0.717, 1.165) is 18.5 Å². The molecule has 5 nitrogen and oxygen atoms in total. The summed E-state index contributed by atoms with van der Waals surface area (Å²) in [5.41, 5.74) is 1.04. The maximum Gasteiger partial charge on any atom is 0.257 e. The minimum Gasteiger partial charge on any atom is -0.483 e. The van der Waals surface area contributed by atoms with E-state index in [4.69, 9.17) is 10.00 Å². The maximum absolute atomic E-state index is 11.6. The molecule has 21 heavy (non-hydrogen) atoms. The molecule has 0 aliphatic carbocycles. The molecule has 0 aromatic heterocycles. The van der Waals surface area contributed by atoms with Gasteiger partial charge in [0.1, 0.15) is 5.75 Å². The molecule has 1 atom stereocenters. The van der Waals surface area contributed by atoms with Gasteiger partial charge in [0, 0.05) is 18.2 Å². The number of nitrogens with zero attached hydrogens (tertiary/aromatic N) is 1. The highest BCUT2D eigenvalue weighted by atomic mass is 16.5. The topological polar surface area (TPSA) is 74.2 Å². The molecule has 0 aliphatic rings. The summed E-state index contributed by atoms with van der Waals surface area (Å²) in [6.07, 6.45) is 1.37. The first-order valence-electron chi connectivity index (χ1n) is 7.27. The van der Waals surface area contributed by atoms with Crippen molar-refractivity contribution in [3.8, 4) is 11.8 Å². The van der Waals surface area contributed by atoms with Crippen molar-refractivity contribution in [2.24, 2.45) is 0 Å². The van der Waals surface area contributed by atoms with E-state index < -0.39 is 0 Å². The summed E-state index contributed by atoms with van der Waals surface area (Å²) in [6, 6.07) is 9.85. The van der Waals surface area contributed by atoms with Crippen LogP contribution in [0.15, 0.2) is 24.3 Å². The van der Waals surface area contributed by atoms with E-state index >= 15 is 0 Å². The van der Waals surface area contributed by atoms with Gasteiger partial charge in [-0.2, -0.15) is 5.26 Å². The van der Waals surface area contributed by atoms with Crippen molar-refractivity contribution in [3.63, 3.8) is 0 Å². The minimum absolute atomic E-state index is 0.0388. The Balaban J connectivity index is 2.55. The number of nitrogens with one attached hydrogen (secondary N) is 2. The van der Waals surface area contributed by atoms with Gasteiger partial charge in [-0.25, -0.2) is 0 Å². The molecule has 5 heteroatoms. The number of hydrogen-bond donors (Lipinski definition) is 2. The van der Waals surface area contributed by atoms with Crippen molar-refractivity contribution in [2.45, 2.75) is 32.7 Å². The molecule has 2 N–H and O–H groups in total. The Morgan fingerprint density at radius 2 is 2.14 bits per heavy atom. The van der Waals surface area contributed by atoms with Crippen LogP contribution < -0.4 is 15.4 Å². The van der Waals surface area contributed by atoms with Gasteiger partial charge >= 0.3 is 0 Å². The lowest BCUT2D eigenvalue weighted by atomic mass is 10.1. The standard InChI is InChI=1S/C16H23N3O2/c1-3-10-18-13(2)14-7-4-5-8-15(14)21-12-16(20)19-11-6-9-17/h4-5,7-8,13,18H,3,6,10-12H2,1-2H3,(H,19,20). The van der Waals surface area contributed by atoms with Crippen LogP contribution in [0.25, 0.3) is 0 Å². The smallest absolute Gasteiger partial charge is 0.257 e. The number of benzene rings is 1. The Hall–Kier alpha value is -2.06. The van der Waals surface area contributed by atoms with Crippen LogP contribution in [-0.4, -0.2) is 25.6 Å². The zero-order valence-corrected chi connectivity index (χ0v) is 12.7. The summed E-state index contributed by atoms with van der Waals surface area (Å²) in [6.45, 7) is 5.44. The van der Waals surface area contributed by atoms with Gasteiger partial charge < -0.3 is 15.4 Å². The second kappa shape index (κ2) is 9.78. The van der Waals surface area contributed by atoms with E-state index in [9.17, 15) is 4.79 Å². The van der Waals surface area contributed by atoms with Crippen molar-refractivity contribution >= 4 is 5.91 Å². The number of amides is 1. The number of nitriles is 1. The third-order valence-electron chi connectivity index (χ3n) is 3.00. The van der Waals surface area contributed by atoms with Crippen LogP contribution in [0, 0.1) is 11.3 Å². The van der Waals surface area contributed by atoms with Gasteiger partial charge in [0.25, 0.3) is 5.91 Å². The maximum atomic E-state index is 11.6. The zero-order valence-electron chi connectivity index (χ0n) is 12.7. The van der Waals surface area contributed by atoms with Crippen molar-refractivity contribution in [1.82, 2.24) is 10.6 Å². The monoisotopic (exact) mass is 289 g/mol. The average Bonchev–Trinajstić information content (AvgIpc) is 2.51. The van der Waals surface area contributed by atoms with Crippen molar-refractivity contribution in [1.29, 1.82) is 5.26 Å². The first-order chi connectivity index (χ1) is 10.2. The lowest BCUT2D eigenvalue weighted by Crippen LogP contribution is -2.30. The number of carbonyl (C=O) groups excluding carboxylic acids is 1. The van der Waals surface area contributed by atoms with Gasteiger partial charge in [-0.15, -0.1) is 0 Å². The molecule has 0 saturated carbocycles. The summed E-state index contributed by atoms with van der Waals surface area (Å²) >= 11 is 0. The van der Waals surface area contributed by atoms with Crippen molar-refractivity contribution in [2.75, 3.05) is 19.7 Å². The van der Waals surface area contributed by atoms with Crippen LogP contribution in [0.5, 0.6) is 5.75 Å². The largest absolute Gasteiger partial charge is 0.483 e. The van der Waals surface area contributed by atoms with Gasteiger partial charge in [-0.05, 0) is 26.0 Å². The lowest BCUT2D eigenvalue weighted by Gasteiger charge is -2.18. The lowest BCUT2D eigenvalue weighted by molar-refractivity contribution is -0.123. The quantitative estimate of drug-likeness (QED) is 0.683. The van der Waals surface area contributed by atoms with Gasteiger partial charge in [-0.1, -0.05) is 25.1 Å². The first kappa shape index (κ1) is 17.0. The van der Waals surface area contributed by atoms with Crippen molar-refractivity contribution in [3.05, 3.63) is 29.8 Å². The van der Waals surface area contributed by atoms with Crippen LogP contribution in [0.4, 0.5) is 0 Å². The van der Waals surface area contributed by atoms with Gasteiger partial charge in [0.15, 0.2) is 6.61 Å². The molecule has 1 amide bonds. The number of para-hydroxylation sites is 1. The van der Waals surface area contributed by atoms with Crippen LogP contribution >= 0.6 is 0 Å². The zero-order chi connectivity index (χ0) is 15.5. The molecule has 1 aromatic carbocycles. The Bertz CT molecular complexity index is 483. The fourth-order valence-electron chi connectivity index (χ4n) is 1.89. The second-order valence-electron chi connectivity index (χ2n) is 4.76. The summed E-state index contributed by atoms with van der Waals surface area (Å²) in [5.74, 6) is 0.498. The minimum atomic E-state index is -0.214. The molecule has 114 valence electrons. The van der Waals surface area contributed by atoms with Crippen LogP contribution in [0.2, 0.25) is 0 Å². The highest BCUT2D eigenvalue weighted by molar-refractivity contribution is 5.77. The fourth-order valence-corrected chi connectivity index (χ4v) is 1.89. The SMILES string of the molecule is CCCNC(C)c1ccccc1OCC(=O)NCCC#N. The molecule has 0 spiro atoms. The predicted octanol–water partition coefficient (Wildman–Crippen LogP) is 2.16. The Morgan fingerprint density at radius 3 is 2.86 bits per heavy atom. The molecular formula is C16H23N3O2. The Morgan fingerprint density at radius 1 is 1.38 bits per heavy atom. The molecule has 0 radical (unpaired) electrons. The van der Waals surface area contributed by atoms with Gasteiger partial charge in [0.2, 0.25) is 0 Å². The normalized spacial score (nSPS) is 11.5. The number of ether oxygens (including phenoxy) is 1. The highest BCUT2D eigenvalue weighted by Gasteiger charge is 2.11. The Kier molecular flexibility index (Phi) is 7.92. The van der Waals surface area contributed by atoms with Crippen LogP contribution in [0.3, 0.4) is 0 Å². The molecule has 1 rings (SSSR count). The molecule has 1 unspecified atom stereocenters. The molecule has 0 saturated heterocycles. The van der Waals surface area contributed by atoms with E-state index in [-0.39, 0.29) is 18.6 Å². The molecule has 1 aromatic rings. The van der Waals surface area contributed by atoms with E-state index in [1.807, 2.05) is 30.3 Å².